The third kappa shape index (κ3) is 3.16. The Kier molecular flexibility index (Phi) is 3.95. The van der Waals surface area contributed by atoms with Crippen LogP contribution in [0.1, 0.15) is 32.1 Å². The Hall–Kier alpha value is -0.630. The molecule has 0 aliphatic heterocycles. The molecule has 1 aromatic rings. The summed E-state index contributed by atoms with van der Waals surface area (Å²) in [6.45, 7) is 0. The van der Waals surface area contributed by atoms with Crippen LogP contribution >= 0.6 is 11.8 Å². The monoisotopic (exact) mass is 221 g/mol. The van der Waals surface area contributed by atoms with Gasteiger partial charge in [-0.1, -0.05) is 25.3 Å². The van der Waals surface area contributed by atoms with Crippen molar-refractivity contribution in [1.82, 2.24) is 0 Å². The lowest BCUT2D eigenvalue weighted by molar-refractivity contribution is 0.516. The van der Waals surface area contributed by atoms with E-state index in [9.17, 15) is 0 Å². The predicted octanol–water partition coefficient (Wildman–Crippen LogP) is 4.15. The van der Waals surface area contributed by atoms with Crippen molar-refractivity contribution in [3.8, 4) is 0 Å². The molecule has 0 aromatic heterocycles. The molecule has 0 spiro atoms. The van der Waals surface area contributed by atoms with E-state index in [1.807, 2.05) is 7.05 Å². The first-order valence-electron chi connectivity index (χ1n) is 5.83. The molecule has 0 saturated heterocycles. The Labute approximate surface area is 96.7 Å². The summed E-state index contributed by atoms with van der Waals surface area (Å²) in [7, 11) is 1.98. The summed E-state index contributed by atoms with van der Waals surface area (Å²) >= 11 is 2.05. The SMILES string of the molecule is CNc1cccc(SC2CCCCC2)c1. The number of hydrogen-bond acceptors (Lipinski definition) is 2. The molecule has 1 aromatic carbocycles. The zero-order valence-electron chi connectivity index (χ0n) is 9.33. The van der Waals surface area contributed by atoms with Gasteiger partial charge in [-0.3, -0.25) is 0 Å². The van der Waals surface area contributed by atoms with Gasteiger partial charge in [-0.25, -0.2) is 0 Å². The maximum absolute atomic E-state index is 3.19. The van der Waals surface area contributed by atoms with E-state index in [1.165, 1.54) is 42.7 Å². The van der Waals surface area contributed by atoms with Gasteiger partial charge >= 0.3 is 0 Å². The minimum atomic E-state index is 0.853. The molecular weight excluding hydrogens is 202 g/mol. The van der Waals surface area contributed by atoms with Crippen LogP contribution in [0, 0.1) is 0 Å². The van der Waals surface area contributed by atoms with Gasteiger partial charge in [0.1, 0.15) is 0 Å². The van der Waals surface area contributed by atoms with E-state index < -0.39 is 0 Å². The molecular formula is C13H19NS. The second kappa shape index (κ2) is 5.45. The van der Waals surface area contributed by atoms with Gasteiger partial charge in [-0.05, 0) is 31.0 Å². The fourth-order valence-corrected chi connectivity index (χ4v) is 3.41. The van der Waals surface area contributed by atoms with Crippen LogP contribution in [0.15, 0.2) is 29.2 Å². The van der Waals surface area contributed by atoms with Crippen LogP contribution in [0.4, 0.5) is 5.69 Å². The first kappa shape index (κ1) is 10.9. The third-order valence-corrected chi connectivity index (χ3v) is 4.31. The van der Waals surface area contributed by atoms with Crippen LogP contribution in [0.5, 0.6) is 0 Å². The number of benzene rings is 1. The minimum absolute atomic E-state index is 0.853. The fraction of sp³-hybridized carbons (Fsp3) is 0.538. The minimum Gasteiger partial charge on any atom is -0.388 e. The molecule has 2 heteroatoms. The summed E-state index contributed by atoms with van der Waals surface area (Å²) in [5.41, 5.74) is 1.22. The van der Waals surface area contributed by atoms with Crippen molar-refractivity contribution in [2.75, 3.05) is 12.4 Å². The maximum Gasteiger partial charge on any atom is 0.0348 e. The number of anilines is 1. The molecule has 0 radical (unpaired) electrons. The molecule has 1 N–H and O–H groups in total. The smallest absolute Gasteiger partial charge is 0.0348 e. The van der Waals surface area contributed by atoms with Crippen LogP contribution in [0.3, 0.4) is 0 Å². The third-order valence-electron chi connectivity index (χ3n) is 2.98. The Morgan fingerprint density at radius 2 is 2.00 bits per heavy atom. The van der Waals surface area contributed by atoms with Crippen LogP contribution in [0.2, 0.25) is 0 Å². The molecule has 15 heavy (non-hydrogen) atoms. The van der Waals surface area contributed by atoms with E-state index >= 15 is 0 Å². The van der Waals surface area contributed by atoms with Crippen molar-refractivity contribution < 1.29 is 0 Å². The molecule has 2 rings (SSSR count). The van der Waals surface area contributed by atoms with Gasteiger partial charge in [0.2, 0.25) is 0 Å². The van der Waals surface area contributed by atoms with Crippen molar-refractivity contribution >= 4 is 17.4 Å². The molecule has 1 aliphatic rings. The van der Waals surface area contributed by atoms with Crippen molar-refractivity contribution in [3.63, 3.8) is 0 Å². The molecule has 1 saturated carbocycles. The summed E-state index contributed by atoms with van der Waals surface area (Å²) < 4.78 is 0. The zero-order chi connectivity index (χ0) is 10.5. The molecule has 0 amide bonds. The molecule has 1 aliphatic carbocycles. The van der Waals surface area contributed by atoms with E-state index in [4.69, 9.17) is 0 Å². The quantitative estimate of drug-likeness (QED) is 0.822. The number of rotatable bonds is 3. The lowest BCUT2D eigenvalue weighted by Crippen LogP contribution is -2.07. The number of thioether (sulfide) groups is 1. The van der Waals surface area contributed by atoms with Crippen molar-refractivity contribution in [1.29, 1.82) is 0 Å². The van der Waals surface area contributed by atoms with Gasteiger partial charge in [-0.15, -0.1) is 11.8 Å². The summed E-state index contributed by atoms with van der Waals surface area (Å²) in [6.07, 6.45) is 7.07. The van der Waals surface area contributed by atoms with Gasteiger partial charge in [0.15, 0.2) is 0 Å². The van der Waals surface area contributed by atoms with Gasteiger partial charge < -0.3 is 5.32 Å². The van der Waals surface area contributed by atoms with E-state index in [2.05, 4.69) is 41.3 Å². The van der Waals surface area contributed by atoms with Crippen LogP contribution < -0.4 is 5.32 Å². The molecule has 82 valence electrons. The number of nitrogens with one attached hydrogen (secondary N) is 1. The highest BCUT2D eigenvalue weighted by Gasteiger charge is 2.14. The second-order valence-corrected chi connectivity index (χ2v) is 5.53. The lowest BCUT2D eigenvalue weighted by atomic mass is 10.0. The van der Waals surface area contributed by atoms with Gasteiger partial charge in [0.05, 0.1) is 0 Å². The van der Waals surface area contributed by atoms with Crippen LogP contribution in [-0.4, -0.2) is 12.3 Å². The predicted molar refractivity (Wildman–Crippen MR) is 68.7 cm³/mol. The zero-order valence-corrected chi connectivity index (χ0v) is 10.1. The highest BCUT2D eigenvalue weighted by atomic mass is 32.2. The van der Waals surface area contributed by atoms with Gasteiger partial charge in [0.25, 0.3) is 0 Å². The van der Waals surface area contributed by atoms with Gasteiger partial charge in [0, 0.05) is 22.9 Å². The van der Waals surface area contributed by atoms with Crippen LogP contribution in [-0.2, 0) is 0 Å². The summed E-state index contributed by atoms with van der Waals surface area (Å²) in [4.78, 5) is 1.41. The largest absolute Gasteiger partial charge is 0.388 e. The molecule has 0 atom stereocenters. The Bertz CT molecular complexity index is 305. The maximum atomic E-state index is 3.19. The highest BCUT2D eigenvalue weighted by Crippen LogP contribution is 2.34. The second-order valence-electron chi connectivity index (χ2n) is 4.16. The topological polar surface area (TPSA) is 12.0 Å². The standard InChI is InChI=1S/C13H19NS/c1-14-11-6-5-9-13(10-11)15-12-7-3-2-4-8-12/h5-6,9-10,12,14H,2-4,7-8H2,1H3. The summed E-state index contributed by atoms with van der Waals surface area (Å²) in [5, 5.41) is 4.04. The average molecular weight is 221 g/mol. The Balaban J connectivity index is 1.96. The van der Waals surface area contributed by atoms with Crippen molar-refractivity contribution in [2.24, 2.45) is 0 Å². The van der Waals surface area contributed by atoms with E-state index in [1.54, 1.807) is 0 Å². The van der Waals surface area contributed by atoms with Crippen molar-refractivity contribution in [2.45, 2.75) is 42.2 Å². The van der Waals surface area contributed by atoms with E-state index in [0.29, 0.717) is 0 Å². The van der Waals surface area contributed by atoms with E-state index in [0.717, 1.165) is 5.25 Å². The fourth-order valence-electron chi connectivity index (χ4n) is 2.10. The first-order valence-corrected chi connectivity index (χ1v) is 6.71. The Morgan fingerprint density at radius 1 is 1.20 bits per heavy atom. The summed E-state index contributed by atoms with van der Waals surface area (Å²) in [6, 6.07) is 8.72. The van der Waals surface area contributed by atoms with Gasteiger partial charge in [-0.2, -0.15) is 0 Å². The van der Waals surface area contributed by atoms with E-state index in [-0.39, 0.29) is 0 Å². The molecule has 0 heterocycles. The average Bonchev–Trinajstić information content (AvgIpc) is 2.31. The van der Waals surface area contributed by atoms with Crippen LogP contribution in [0.25, 0.3) is 0 Å². The molecule has 1 nitrogen and oxygen atoms in total. The number of hydrogen-bond donors (Lipinski definition) is 1. The Morgan fingerprint density at radius 3 is 2.73 bits per heavy atom. The molecule has 0 bridgehead atoms. The van der Waals surface area contributed by atoms with Crippen molar-refractivity contribution in [3.05, 3.63) is 24.3 Å². The normalized spacial score (nSPS) is 17.7. The summed E-state index contributed by atoms with van der Waals surface area (Å²) in [5.74, 6) is 0. The molecule has 1 fully saturated rings. The lowest BCUT2D eigenvalue weighted by Gasteiger charge is -2.21. The molecule has 0 unspecified atom stereocenters. The highest BCUT2D eigenvalue weighted by molar-refractivity contribution is 8.00. The first-order chi connectivity index (χ1) is 7.38.